The molecule has 1 fully saturated rings. The van der Waals surface area contributed by atoms with Crippen molar-refractivity contribution >= 4 is 17.6 Å². The van der Waals surface area contributed by atoms with Gasteiger partial charge in [0.1, 0.15) is 12.3 Å². The lowest BCUT2D eigenvalue weighted by Crippen LogP contribution is -2.41. The van der Waals surface area contributed by atoms with Crippen LogP contribution in [0.3, 0.4) is 0 Å². The maximum atomic E-state index is 13.0. The minimum absolute atomic E-state index is 0.115. The molecule has 9 heteroatoms. The van der Waals surface area contributed by atoms with Gasteiger partial charge in [-0.2, -0.15) is 13.2 Å². The molecule has 3 rings (SSSR count). The maximum Gasteiger partial charge on any atom is 0.416 e. The summed E-state index contributed by atoms with van der Waals surface area (Å²) in [5.41, 5.74) is -0.707. The van der Waals surface area contributed by atoms with Crippen LogP contribution in [0.4, 0.5) is 19.0 Å². The second-order valence-electron chi connectivity index (χ2n) is 7.64. The Morgan fingerprint density at radius 1 is 1.17 bits per heavy atom. The third-order valence-corrected chi connectivity index (χ3v) is 5.18. The molecule has 1 saturated carbocycles. The zero-order valence-corrected chi connectivity index (χ0v) is 16.7. The number of hydrogen-bond acceptors (Lipinski definition) is 4. The lowest BCUT2D eigenvalue weighted by molar-refractivity contribution is -0.137. The van der Waals surface area contributed by atoms with Crippen LogP contribution in [-0.2, 0) is 11.0 Å². The van der Waals surface area contributed by atoms with E-state index in [2.05, 4.69) is 10.5 Å². The fourth-order valence-electron chi connectivity index (χ4n) is 3.67. The Bertz CT molecular complexity index is 872. The summed E-state index contributed by atoms with van der Waals surface area (Å²) in [5, 5.41) is 6.28. The summed E-state index contributed by atoms with van der Waals surface area (Å²) in [7, 11) is 0. The topological polar surface area (TPSA) is 75.4 Å². The van der Waals surface area contributed by atoms with Gasteiger partial charge in [0, 0.05) is 18.2 Å². The summed E-state index contributed by atoms with van der Waals surface area (Å²) in [5.74, 6) is 0.127. The number of carbonyl (C=O) groups is 2. The second kappa shape index (κ2) is 9.32. The van der Waals surface area contributed by atoms with E-state index in [9.17, 15) is 22.8 Å². The lowest BCUT2D eigenvalue weighted by atomic mass is 9.89. The molecule has 2 amide bonds. The molecule has 1 aliphatic rings. The van der Waals surface area contributed by atoms with Crippen molar-refractivity contribution in [1.82, 2.24) is 10.1 Å². The molecule has 0 unspecified atom stereocenters. The van der Waals surface area contributed by atoms with Crippen molar-refractivity contribution in [3.8, 4) is 0 Å². The standard InChI is InChI=1S/C21H24F3N3O3/c1-14-11-18(26-30-14)25-19(28)13-27(12-15-5-3-2-4-6-15)20(29)16-7-9-17(10-8-16)21(22,23)24/h7-11,15H,2-6,12-13H2,1H3,(H,25,26,28). The van der Waals surface area contributed by atoms with Crippen molar-refractivity contribution in [3.05, 3.63) is 47.2 Å². The van der Waals surface area contributed by atoms with Crippen LogP contribution in [0.15, 0.2) is 34.9 Å². The normalized spacial score (nSPS) is 15.1. The van der Waals surface area contributed by atoms with Crippen LogP contribution in [0.2, 0.25) is 0 Å². The van der Waals surface area contributed by atoms with Gasteiger partial charge in [0.25, 0.3) is 5.91 Å². The smallest absolute Gasteiger partial charge is 0.360 e. The molecule has 0 radical (unpaired) electrons. The first-order chi connectivity index (χ1) is 14.2. The fraction of sp³-hybridized carbons (Fsp3) is 0.476. The van der Waals surface area contributed by atoms with Crippen LogP contribution >= 0.6 is 0 Å². The van der Waals surface area contributed by atoms with Crippen LogP contribution in [0.5, 0.6) is 0 Å². The number of nitrogens with one attached hydrogen (secondary N) is 1. The molecule has 0 spiro atoms. The van der Waals surface area contributed by atoms with Gasteiger partial charge in [0.05, 0.1) is 5.56 Å². The molecule has 1 heterocycles. The highest BCUT2D eigenvalue weighted by Gasteiger charge is 2.31. The summed E-state index contributed by atoms with van der Waals surface area (Å²) in [4.78, 5) is 26.9. The number of aromatic nitrogens is 1. The number of rotatable bonds is 6. The SMILES string of the molecule is Cc1cc(NC(=O)CN(CC2CCCCC2)C(=O)c2ccc(C(F)(F)F)cc2)no1. The Morgan fingerprint density at radius 3 is 2.40 bits per heavy atom. The first kappa shape index (κ1) is 21.9. The molecular weight excluding hydrogens is 399 g/mol. The van der Waals surface area contributed by atoms with E-state index in [0.29, 0.717) is 12.3 Å². The zero-order valence-electron chi connectivity index (χ0n) is 16.7. The van der Waals surface area contributed by atoms with E-state index in [-0.39, 0.29) is 23.8 Å². The van der Waals surface area contributed by atoms with E-state index in [1.54, 1.807) is 13.0 Å². The molecule has 30 heavy (non-hydrogen) atoms. The minimum atomic E-state index is -4.47. The van der Waals surface area contributed by atoms with Gasteiger partial charge >= 0.3 is 6.18 Å². The van der Waals surface area contributed by atoms with E-state index in [0.717, 1.165) is 56.4 Å². The van der Waals surface area contributed by atoms with Crippen molar-refractivity contribution in [1.29, 1.82) is 0 Å². The number of anilines is 1. The van der Waals surface area contributed by atoms with Crippen LogP contribution in [0.25, 0.3) is 0 Å². The van der Waals surface area contributed by atoms with Crippen molar-refractivity contribution in [2.24, 2.45) is 5.92 Å². The van der Waals surface area contributed by atoms with Crippen LogP contribution < -0.4 is 5.32 Å². The van der Waals surface area contributed by atoms with Gasteiger partial charge in [-0.05, 0) is 49.9 Å². The van der Waals surface area contributed by atoms with E-state index in [1.165, 1.54) is 4.90 Å². The van der Waals surface area contributed by atoms with Gasteiger partial charge in [-0.1, -0.05) is 24.4 Å². The monoisotopic (exact) mass is 423 g/mol. The highest BCUT2D eigenvalue weighted by atomic mass is 19.4. The predicted octanol–water partition coefficient (Wildman–Crippen LogP) is 4.66. The van der Waals surface area contributed by atoms with Crippen molar-refractivity contribution in [2.75, 3.05) is 18.4 Å². The maximum absolute atomic E-state index is 13.0. The summed E-state index contributed by atoms with van der Waals surface area (Å²) in [6.45, 7) is 1.85. The number of halogens is 3. The van der Waals surface area contributed by atoms with Crippen LogP contribution in [0, 0.1) is 12.8 Å². The van der Waals surface area contributed by atoms with E-state index in [4.69, 9.17) is 4.52 Å². The Hall–Kier alpha value is -2.84. The third-order valence-electron chi connectivity index (χ3n) is 5.18. The lowest BCUT2D eigenvalue weighted by Gasteiger charge is -2.29. The fourth-order valence-corrected chi connectivity index (χ4v) is 3.67. The third kappa shape index (κ3) is 5.84. The minimum Gasteiger partial charge on any atom is -0.360 e. The van der Waals surface area contributed by atoms with Gasteiger partial charge in [-0.3, -0.25) is 9.59 Å². The molecule has 0 bridgehead atoms. The molecule has 0 atom stereocenters. The predicted molar refractivity (Wildman–Crippen MR) is 104 cm³/mol. The number of nitrogens with zero attached hydrogens (tertiary/aromatic N) is 2. The first-order valence-corrected chi connectivity index (χ1v) is 9.92. The average molecular weight is 423 g/mol. The molecule has 0 saturated heterocycles. The largest absolute Gasteiger partial charge is 0.416 e. The summed E-state index contributed by atoms with van der Waals surface area (Å²) in [6.07, 6.45) is 0.727. The first-order valence-electron chi connectivity index (χ1n) is 9.92. The van der Waals surface area contributed by atoms with Crippen LogP contribution in [0.1, 0.15) is 53.8 Å². The number of carbonyl (C=O) groups excluding carboxylic acids is 2. The Kier molecular flexibility index (Phi) is 6.79. The molecule has 162 valence electrons. The molecule has 6 nitrogen and oxygen atoms in total. The van der Waals surface area contributed by atoms with Crippen molar-refractivity contribution in [3.63, 3.8) is 0 Å². The van der Waals surface area contributed by atoms with Gasteiger partial charge < -0.3 is 14.7 Å². The van der Waals surface area contributed by atoms with Gasteiger partial charge in [-0.15, -0.1) is 0 Å². The molecule has 2 aromatic rings. The molecule has 1 aliphatic carbocycles. The zero-order chi connectivity index (χ0) is 21.7. The number of benzene rings is 1. The number of alkyl halides is 3. The van der Waals surface area contributed by atoms with E-state index >= 15 is 0 Å². The van der Waals surface area contributed by atoms with Gasteiger partial charge in [-0.25, -0.2) is 0 Å². The molecule has 0 aliphatic heterocycles. The number of amides is 2. The summed E-state index contributed by atoms with van der Waals surface area (Å²) >= 11 is 0. The Balaban J connectivity index is 1.73. The van der Waals surface area contributed by atoms with Gasteiger partial charge in [0.15, 0.2) is 5.82 Å². The summed E-state index contributed by atoms with van der Waals surface area (Å²) in [6, 6.07) is 5.62. The van der Waals surface area contributed by atoms with E-state index < -0.39 is 23.6 Å². The van der Waals surface area contributed by atoms with Crippen LogP contribution in [-0.4, -0.2) is 35.0 Å². The number of aryl methyl sites for hydroxylation is 1. The highest BCUT2D eigenvalue weighted by molar-refractivity contribution is 5.99. The van der Waals surface area contributed by atoms with Crippen molar-refractivity contribution < 1.29 is 27.3 Å². The number of hydrogen-bond donors (Lipinski definition) is 1. The second-order valence-corrected chi connectivity index (χ2v) is 7.64. The molecular formula is C21H24F3N3O3. The Morgan fingerprint density at radius 2 is 1.83 bits per heavy atom. The molecule has 1 aromatic carbocycles. The van der Waals surface area contributed by atoms with E-state index in [1.807, 2.05) is 0 Å². The molecule has 1 N–H and O–H groups in total. The quantitative estimate of drug-likeness (QED) is 0.733. The van der Waals surface area contributed by atoms with Gasteiger partial charge in [0.2, 0.25) is 5.91 Å². The summed E-state index contributed by atoms with van der Waals surface area (Å²) < 4.78 is 43.3. The molecule has 1 aromatic heterocycles. The Labute approximate surface area is 172 Å². The van der Waals surface area contributed by atoms with Crippen molar-refractivity contribution in [2.45, 2.75) is 45.2 Å². The highest BCUT2D eigenvalue weighted by Crippen LogP contribution is 2.29. The average Bonchev–Trinajstić information content (AvgIpc) is 3.11.